The molecule has 0 aliphatic carbocycles. The number of rotatable bonds is 4. The monoisotopic (exact) mass is 249 g/mol. The second-order valence-electron chi connectivity index (χ2n) is 3.77. The van der Waals surface area contributed by atoms with Crippen molar-refractivity contribution in [2.75, 3.05) is 13.6 Å². The molecule has 0 aliphatic rings. The third-order valence-corrected chi connectivity index (χ3v) is 2.45. The molecule has 0 aromatic carbocycles. The summed E-state index contributed by atoms with van der Waals surface area (Å²) >= 11 is 0. The highest BCUT2D eigenvalue weighted by atomic mass is 16.3. The molecule has 0 aliphatic heterocycles. The standard InChI is InChI=1S/C12H15N3O3/c1-10(16)14(2)12(17)15(7-4-6-13)9-11-5-3-8-18-11/h3,5,8H,4,7,9H2,1-2H3. The fourth-order valence-corrected chi connectivity index (χ4v) is 1.36. The van der Waals surface area contributed by atoms with Crippen molar-refractivity contribution < 1.29 is 14.0 Å². The first-order chi connectivity index (χ1) is 8.56. The van der Waals surface area contributed by atoms with E-state index in [2.05, 4.69) is 0 Å². The summed E-state index contributed by atoms with van der Waals surface area (Å²) in [6, 6.07) is 4.99. The number of nitriles is 1. The van der Waals surface area contributed by atoms with Crippen molar-refractivity contribution in [2.24, 2.45) is 0 Å². The van der Waals surface area contributed by atoms with Crippen LogP contribution in [0, 0.1) is 11.3 Å². The van der Waals surface area contributed by atoms with E-state index in [0.29, 0.717) is 5.76 Å². The molecule has 0 bridgehead atoms. The zero-order valence-electron chi connectivity index (χ0n) is 10.4. The molecular weight excluding hydrogens is 234 g/mol. The molecule has 0 N–H and O–H groups in total. The van der Waals surface area contributed by atoms with Crippen LogP contribution in [-0.4, -0.2) is 35.3 Å². The Labute approximate surface area is 105 Å². The van der Waals surface area contributed by atoms with E-state index in [1.165, 1.54) is 25.1 Å². The van der Waals surface area contributed by atoms with Crippen molar-refractivity contribution in [3.8, 4) is 6.07 Å². The highest BCUT2D eigenvalue weighted by molar-refractivity contribution is 5.92. The Hall–Kier alpha value is -2.29. The van der Waals surface area contributed by atoms with Gasteiger partial charge in [0.25, 0.3) is 0 Å². The van der Waals surface area contributed by atoms with Gasteiger partial charge >= 0.3 is 6.03 Å². The second kappa shape index (κ2) is 6.45. The maximum atomic E-state index is 12.0. The predicted molar refractivity (Wildman–Crippen MR) is 63.2 cm³/mol. The van der Waals surface area contributed by atoms with Crippen LogP contribution in [0.1, 0.15) is 19.1 Å². The van der Waals surface area contributed by atoms with E-state index in [0.717, 1.165) is 4.90 Å². The summed E-state index contributed by atoms with van der Waals surface area (Å²) in [6.07, 6.45) is 1.72. The largest absolute Gasteiger partial charge is 0.467 e. The maximum absolute atomic E-state index is 12.0. The zero-order chi connectivity index (χ0) is 13.5. The first-order valence-corrected chi connectivity index (χ1v) is 5.48. The molecule has 1 aromatic heterocycles. The van der Waals surface area contributed by atoms with Gasteiger partial charge in [-0.3, -0.25) is 9.69 Å². The summed E-state index contributed by atoms with van der Waals surface area (Å²) in [6.45, 7) is 1.81. The fraction of sp³-hybridized carbons (Fsp3) is 0.417. The molecule has 0 saturated heterocycles. The molecule has 96 valence electrons. The topological polar surface area (TPSA) is 77.5 Å². The number of amides is 3. The van der Waals surface area contributed by atoms with Crippen molar-refractivity contribution in [3.05, 3.63) is 24.2 Å². The average molecular weight is 249 g/mol. The van der Waals surface area contributed by atoms with Gasteiger partial charge in [-0.1, -0.05) is 0 Å². The van der Waals surface area contributed by atoms with E-state index in [1.54, 1.807) is 12.1 Å². The Morgan fingerprint density at radius 1 is 1.50 bits per heavy atom. The van der Waals surface area contributed by atoms with Gasteiger partial charge in [0.2, 0.25) is 5.91 Å². The summed E-state index contributed by atoms with van der Waals surface area (Å²) in [5, 5.41) is 8.58. The molecule has 0 atom stereocenters. The normalized spacial score (nSPS) is 9.61. The van der Waals surface area contributed by atoms with Gasteiger partial charge in [-0.25, -0.2) is 4.79 Å². The van der Waals surface area contributed by atoms with Gasteiger partial charge in [0.1, 0.15) is 5.76 Å². The van der Waals surface area contributed by atoms with Crippen molar-refractivity contribution in [2.45, 2.75) is 19.9 Å². The minimum absolute atomic E-state index is 0.207. The molecule has 6 nitrogen and oxygen atoms in total. The molecule has 1 rings (SSSR count). The molecule has 18 heavy (non-hydrogen) atoms. The van der Waals surface area contributed by atoms with E-state index in [9.17, 15) is 9.59 Å². The molecule has 0 saturated carbocycles. The minimum atomic E-state index is -0.436. The Morgan fingerprint density at radius 2 is 2.22 bits per heavy atom. The van der Waals surface area contributed by atoms with E-state index in [1.807, 2.05) is 6.07 Å². The lowest BCUT2D eigenvalue weighted by molar-refractivity contribution is -0.125. The van der Waals surface area contributed by atoms with Gasteiger partial charge in [-0.05, 0) is 12.1 Å². The third kappa shape index (κ3) is 3.63. The van der Waals surface area contributed by atoms with E-state index in [4.69, 9.17) is 9.68 Å². The summed E-state index contributed by atoms with van der Waals surface area (Å²) in [4.78, 5) is 25.6. The Balaban J connectivity index is 2.74. The molecular formula is C12H15N3O3. The van der Waals surface area contributed by atoms with Crippen LogP contribution in [0.25, 0.3) is 0 Å². The summed E-state index contributed by atoms with van der Waals surface area (Å²) in [5.74, 6) is 0.264. The van der Waals surface area contributed by atoms with Gasteiger partial charge in [-0.15, -0.1) is 0 Å². The third-order valence-electron chi connectivity index (χ3n) is 2.45. The van der Waals surface area contributed by atoms with Crippen LogP contribution in [0.3, 0.4) is 0 Å². The van der Waals surface area contributed by atoms with Crippen molar-refractivity contribution in [1.29, 1.82) is 5.26 Å². The van der Waals surface area contributed by atoms with Crippen LogP contribution in [0.4, 0.5) is 4.79 Å². The number of imide groups is 1. The summed E-state index contributed by atoms with van der Waals surface area (Å²) in [5.41, 5.74) is 0. The van der Waals surface area contributed by atoms with E-state index >= 15 is 0 Å². The second-order valence-corrected chi connectivity index (χ2v) is 3.77. The molecule has 0 unspecified atom stereocenters. The lowest BCUT2D eigenvalue weighted by Gasteiger charge is -2.25. The molecule has 0 spiro atoms. The average Bonchev–Trinajstić information content (AvgIpc) is 2.85. The van der Waals surface area contributed by atoms with Crippen LogP contribution in [0.5, 0.6) is 0 Å². The highest BCUT2D eigenvalue weighted by Gasteiger charge is 2.21. The Kier molecular flexibility index (Phi) is 4.93. The molecule has 1 aromatic rings. The van der Waals surface area contributed by atoms with Gasteiger partial charge in [0.05, 0.1) is 25.3 Å². The molecule has 0 fully saturated rings. The number of urea groups is 1. The SMILES string of the molecule is CC(=O)N(C)C(=O)N(CCC#N)Cc1ccco1. The quantitative estimate of drug-likeness (QED) is 0.811. The van der Waals surface area contributed by atoms with Crippen molar-refractivity contribution in [1.82, 2.24) is 9.80 Å². The summed E-state index contributed by atoms with van der Waals surface area (Å²) < 4.78 is 5.15. The van der Waals surface area contributed by atoms with Crippen molar-refractivity contribution in [3.63, 3.8) is 0 Å². The van der Waals surface area contributed by atoms with Gasteiger partial charge in [-0.2, -0.15) is 5.26 Å². The number of hydrogen-bond acceptors (Lipinski definition) is 4. The van der Waals surface area contributed by atoms with E-state index < -0.39 is 6.03 Å². The van der Waals surface area contributed by atoms with Crippen LogP contribution >= 0.6 is 0 Å². The molecule has 6 heteroatoms. The van der Waals surface area contributed by atoms with Gasteiger partial charge < -0.3 is 9.32 Å². The first kappa shape index (κ1) is 13.8. The van der Waals surface area contributed by atoms with Crippen LogP contribution in [0.15, 0.2) is 22.8 Å². The minimum Gasteiger partial charge on any atom is -0.467 e. The summed E-state index contributed by atoms with van der Waals surface area (Å²) in [7, 11) is 1.41. The number of carbonyl (C=O) groups excluding carboxylic acids is 2. The highest BCUT2D eigenvalue weighted by Crippen LogP contribution is 2.08. The smallest absolute Gasteiger partial charge is 0.326 e. The lowest BCUT2D eigenvalue weighted by Crippen LogP contribution is -2.43. The van der Waals surface area contributed by atoms with Gasteiger partial charge in [0, 0.05) is 20.5 Å². The number of carbonyl (C=O) groups is 2. The van der Waals surface area contributed by atoms with Crippen LogP contribution < -0.4 is 0 Å². The van der Waals surface area contributed by atoms with Crippen LogP contribution in [0.2, 0.25) is 0 Å². The van der Waals surface area contributed by atoms with Gasteiger partial charge in [0.15, 0.2) is 0 Å². The Bertz CT molecular complexity index is 448. The number of furan rings is 1. The van der Waals surface area contributed by atoms with Crippen molar-refractivity contribution >= 4 is 11.9 Å². The van der Waals surface area contributed by atoms with Crippen LogP contribution in [-0.2, 0) is 11.3 Å². The fourth-order valence-electron chi connectivity index (χ4n) is 1.36. The zero-order valence-corrected chi connectivity index (χ0v) is 10.4. The Morgan fingerprint density at radius 3 is 2.72 bits per heavy atom. The number of nitrogens with zero attached hydrogens (tertiary/aromatic N) is 3. The molecule has 3 amide bonds. The molecule has 1 heterocycles. The molecule has 0 radical (unpaired) electrons. The maximum Gasteiger partial charge on any atom is 0.326 e. The predicted octanol–water partition coefficient (Wildman–Crippen LogP) is 1.59. The number of hydrogen-bond donors (Lipinski definition) is 0. The first-order valence-electron chi connectivity index (χ1n) is 5.48. The van der Waals surface area contributed by atoms with E-state index in [-0.39, 0.29) is 25.4 Å². The lowest BCUT2D eigenvalue weighted by atomic mass is 10.3.